The molecule has 14 heavy (non-hydrogen) atoms. The number of H-pyrrole nitrogens is 2. The van der Waals surface area contributed by atoms with Gasteiger partial charge < -0.3 is 5.10 Å². The first-order valence-corrected chi connectivity index (χ1v) is 5.32. The molecule has 1 saturated carbocycles. The Balaban J connectivity index is 1.98. The third kappa shape index (κ3) is 1.07. The first-order chi connectivity index (χ1) is 6.77. The van der Waals surface area contributed by atoms with Crippen molar-refractivity contribution in [2.45, 2.75) is 38.3 Å². The molecule has 1 aliphatic heterocycles. The summed E-state index contributed by atoms with van der Waals surface area (Å²) in [6, 6.07) is 1.15. The van der Waals surface area contributed by atoms with Crippen LogP contribution in [0.3, 0.4) is 0 Å². The molecule has 0 saturated heterocycles. The molecule has 1 aromatic rings. The molecule has 4 heteroatoms. The number of hydrogen-bond donors (Lipinski definition) is 2. The van der Waals surface area contributed by atoms with Gasteiger partial charge in [-0.05, 0) is 26.2 Å². The van der Waals surface area contributed by atoms with E-state index in [1.165, 1.54) is 12.8 Å². The molecule has 1 atom stereocenters. The lowest BCUT2D eigenvalue weighted by Gasteiger charge is -2.32. The standard InChI is InChI=1S/C10H15N3O/c1-6-9-8(10(14)12-11-9)4-5-13(6)7-2-3-7/h6-7H,2-5H2,1H3,(H2,11,12,14). The normalized spacial score (nSPS) is 27.6. The summed E-state index contributed by atoms with van der Waals surface area (Å²) in [6.45, 7) is 3.22. The second-order valence-electron chi connectivity index (χ2n) is 4.37. The third-order valence-electron chi connectivity index (χ3n) is 3.46. The van der Waals surface area contributed by atoms with E-state index in [0.717, 1.165) is 30.3 Å². The SMILES string of the molecule is CC1c2[nH][nH]c(=O)c2CCN1C1CC1. The summed E-state index contributed by atoms with van der Waals surface area (Å²) in [7, 11) is 0. The van der Waals surface area contributed by atoms with Gasteiger partial charge in [0.25, 0.3) is 5.56 Å². The molecule has 1 unspecified atom stereocenters. The minimum absolute atomic E-state index is 0.0716. The maximum Gasteiger partial charge on any atom is 0.267 e. The van der Waals surface area contributed by atoms with Crippen molar-refractivity contribution in [3.8, 4) is 0 Å². The van der Waals surface area contributed by atoms with E-state index in [1.54, 1.807) is 0 Å². The Hall–Kier alpha value is -1.03. The van der Waals surface area contributed by atoms with Crippen LogP contribution in [0.4, 0.5) is 0 Å². The number of aromatic nitrogens is 2. The van der Waals surface area contributed by atoms with Crippen LogP contribution >= 0.6 is 0 Å². The van der Waals surface area contributed by atoms with Crippen LogP contribution in [0, 0.1) is 0 Å². The molecule has 1 aromatic heterocycles. The Kier molecular flexibility index (Phi) is 1.62. The number of rotatable bonds is 1. The highest BCUT2D eigenvalue weighted by atomic mass is 16.1. The largest absolute Gasteiger partial charge is 0.300 e. The van der Waals surface area contributed by atoms with Crippen molar-refractivity contribution in [2.24, 2.45) is 0 Å². The molecule has 2 N–H and O–H groups in total. The molecule has 76 valence electrons. The molecule has 0 amide bonds. The highest BCUT2D eigenvalue weighted by Crippen LogP contribution is 2.36. The predicted molar refractivity (Wildman–Crippen MR) is 53.3 cm³/mol. The van der Waals surface area contributed by atoms with E-state index in [-0.39, 0.29) is 5.56 Å². The van der Waals surface area contributed by atoms with Gasteiger partial charge in [-0.1, -0.05) is 0 Å². The van der Waals surface area contributed by atoms with Gasteiger partial charge in [-0.25, -0.2) is 0 Å². The monoisotopic (exact) mass is 193 g/mol. The van der Waals surface area contributed by atoms with Gasteiger partial charge in [0, 0.05) is 24.2 Å². The lowest BCUT2D eigenvalue weighted by molar-refractivity contribution is 0.185. The first-order valence-electron chi connectivity index (χ1n) is 5.32. The summed E-state index contributed by atoms with van der Waals surface area (Å²) in [5.74, 6) is 0. The molecule has 0 spiro atoms. The number of hydrogen-bond acceptors (Lipinski definition) is 2. The van der Waals surface area contributed by atoms with Crippen LogP contribution in [0.25, 0.3) is 0 Å². The molecule has 2 aliphatic rings. The van der Waals surface area contributed by atoms with E-state index in [2.05, 4.69) is 22.0 Å². The van der Waals surface area contributed by atoms with Crippen molar-refractivity contribution in [3.05, 3.63) is 21.6 Å². The van der Waals surface area contributed by atoms with Crippen molar-refractivity contribution in [1.82, 2.24) is 15.1 Å². The van der Waals surface area contributed by atoms with Gasteiger partial charge in [-0.2, -0.15) is 0 Å². The van der Waals surface area contributed by atoms with E-state index in [0.29, 0.717) is 6.04 Å². The summed E-state index contributed by atoms with van der Waals surface area (Å²) in [5, 5.41) is 5.69. The fourth-order valence-electron chi connectivity index (χ4n) is 2.51. The van der Waals surface area contributed by atoms with E-state index >= 15 is 0 Å². The van der Waals surface area contributed by atoms with Gasteiger partial charge >= 0.3 is 0 Å². The van der Waals surface area contributed by atoms with Gasteiger partial charge in [-0.3, -0.25) is 14.8 Å². The Morgan fingerprint density at radius 1 is 1.36 bits per heavy atom. The van der Waals surface area contributed by atoms with Gasteiger partial charge in [0.1, 0.15) is 0 Å². The topological polar surface area (TPSA) is 51.9 Å². The summed E-state index contributed by atoms with van der Waals surface area (Å²) < 4.78 is 0. The smallest absolute Gasteiger partial charge is 0.267 e. The average Bonchev–Trinajstić information content (AvgIpc) is 2.93. The number of nitrogens with one attached hydrogen (secondary N) is 2. The van der Waals surface area contributed by atoms with E-state index in [4.69, 9.17) is 0 Å². The lowest BCUT2D eigenvalue weighted by Crippen LogP contribution is -2.36. The number of fused-ring (bicyclic) bond motifs is 1. The summed E-state index contributed by atoms with van der Waals surface area (Å²) in [5.41, 5.74) is 2.14. The summed E-state index contributed by atoms with van der Waals surface area (Å²) in [4.78, 5) is 13.9. The van der Waals surface area contributed by atoms with Gasteiger partial charge in [0.05, 0.1) is 5.69 Å². The fourth-order valence-corrected chi connectivity index (χ4v) is 2.51. The Morgan fingerprint density at radius 2 is 2.14 bits per heavy atom. The van der Waals surface area contributed by atoms with Gasteiger partial charge in [0.2, 0.25) is 0 Å². The van der Waals surface area contributed by atoms with Crippen molar-refractivity contribution >= 4 is 0 Å². The summed E-state index contributed by atoms with van der Waals surface area (Å²) in [6.07, 6.45) is 3.55. The van der Waals surface area contributed by atoms with Crippen molar-refractivity contribution in [1.29, 1.82) is 0 Å². The molecule has 0 aromatic carbocycles. The van der Waals surface area contributed by atoms with Crippen LogP contribution < -0.4 is 5.56 Å². The Labute approximate surface area is 82.3 Å². The molecule has 1 aliphatic carbocycles. The molecular weight excluding hydrogens is 178 g/mol. The molecule has 2 heterocycles. The summed E-state index contributed by atoms with van der Waals surface area (Å²) >= 11 is 0. The molecule has 3 rings (SSSR count). The zero-order chi connectivity index (χ0) is 9.71. The first kappa shape index (κ1) is 8.29. The van der Waals surface area contributed by atoms with Crippen LogP contribution in [0.15, 0.2) is 4.79 Å². The molecular formula is C10H15N3O. The predicted octanol–water partition coefficient (Wildman–Crippen LogP) is 0.784. The molecule has 1 fully saturated rings. The van der Waals surface area contributed by atoms with Crippen LogP contribution in [-0.2, 0) is 6.42 Å². The molecule has 4 nitrogen and oxygen atoms in total. The van der Waals surface area contributed by atoms with E-state index in [1.807, 2.05) is 0 Å². The minimum atomic E-state index is 0.0716. The maximum absolute atomic E-state index is 11.4. The maximum atomic E-state index is 11.4. The third-order valence-corrected chi connectivity index (χ3v) is 3.46. The van der Waals surface area contributed by atoms with E-state index in [9.17, 15) is 4.79 Å². The van der Waals surface area contributed by atoms with Crippen molar-refractivity contribution in [2.75, 3.05) is 6.54 Å². The van der Waals surface area contributed by atoms with Crippen LogP contribution in [-0.4, -0.2) is 27.7 Å². The Morgan fingerprint density at radius 3 is 2.86 bits per heavy atom. The van der Waals surface area contributed by atoms with Crippen LogP contribution in [0.5, 0.6) is 0 Å². The van der Waals surface area contributed by atoms with Crippen LogP contribution in [0.2, 0.25) is 0 Å². The molecule has 0 bridgehead atoms. The number of nitrogens with zero attached hydrogens (tertiary/aromatic N) is 1. The minimum Gasteiger partial charge on any atom is -0.300 e. The zero-order valence-corrected chi connectivity index (χ0v) is 8.34. The number of aromatic amines is 2. The molecule has 0 radical (unpaired) electrons. The second kappa shape index (κ2) is 2.73. The van der Waals surface area contributed by atoms with Gasteiger partial charge in [0.15, 0.2) is 0 Å². The zero-order valence-electron chi connectivity index (χ0n) is 8.34. The lowest BCUT2D eigenvalue weighted by atomic mass is 10.0. The average molecular weight is 193 g/mol. The quantitative estimate of drug-likeness (QED) is 0.692. The Bertz CT molecular complexity index is 402. The van der Waals surface area contributed by atoms with Crippen LogP contribution in [0.1, 0.15) is 37.1 Å². The second-order valence-corrected chi connectivity index (χ2v) is 4.37. The van der Waals surface area contributed by atoms with E-state index < -0.39 is 0 Å². The van der Waals surface area contributed by atoms with Crippen molar-refractivity contribution in [3.63, 3.8) is 0 Å². The van der Waals surface area contributed by atoms with Crippen molar-refractivity contribution < 1.29 is 0 Å². The highest BCUT2D eigenvalue weighted by Gasteiger charge is 2.36. The fraction of sp³-hybridized carbons (Fsp3) is 0.700. The highest BCUT2D eigenvalue weighted by molar-refractivity contribution is 5.23. The van der Waals surface area contributed by atoms with Gasteiger partial charge in [-0.15, -0.1) is 0 Å².